The molecule has 0 saturated carbocycles. The number of aliphatic hydroxyl groups excluding tert-OH is 1. The number of nitrogens with one attached hydrogen (secondary N) is 1. The lowest BCUT2D eigenvalue weighted by Gasteiger charge is -2.33. The Kier molecular flexibility index (Phi) is 8.39. The van der Waals surface area contributed by atoms with Crippen molar-refractivity contribution in [2.24, 2.45) is 13.0 Å². The standard InChI is InChI=1S/C23H34ClN5O3/c1-3-4-5-19(30)15-28-12-10-16(11-13-28)14-29-21(25)20(22(31)27(2)23(29)32)26-18-8-6-17(24)7-9-18/h6-9,16,19,26,30H,3-5,10-15,25H2,1-2H3. The van der Waals surface area contributed by atoms with Crippen LogP contribution in [0, 0.1) is 5.92 Å². The summed E-state index contributed by atoms with van der Waals surface area (Å²) in [6.07, 6.45) is 4.51. The van der Waals surface area contributed by atoms with E-state index in [4.69, 9.17) is 17.3 Å². The van der Waals surface area contributed by atoms with Crippen molar-refractivity contribution in [3.05, 3.63) is 50.1 Å². The molecule has 1 aromatic carbocycles. The summed E-state index contributed by atoms with van der Waals surface area (Å²) >= 11 is 5.94. The molecule has 32 heavy (non-hydrogen) atoms. The summed E-state index contributed by atoms with van der Waals surface area (Å²) in [7, 11) is 1.47. The number of aliphatic hydroxyl groups is 1. The highest BCUT2D eigenvalue weighted by molar-refractivity contribution is 6.30. The van der Waals surface area contributed by atoms with Crippen molar-refractivity contribution in [2.45, 2.75) is 51.7 Å². The van der Waals surface area contributed by atoms with Gasteiger partial charge < -0.3 is 21.1 Å². The van der Waals surface area contributed by atoms with Crippen molar-refractivity contribution in [2.75, 3.05) is 30.7 Å². The second-order valence-corrected chi connectivity index (χ2v) is 9.13. The van der Waals surface area contributed by atoms with Crippen LogP contribution in [0.3, 0.4) is 0 Å². The zero-order valence-corrected chi connectivity index (χ0v) is 19.6. The number of piperidine rings is 1. The van der Waals surface area contributed by atoms with Crippen molar-refractivity contribution >= 4 is 28.8 Å². The predicted molar refractivity (Wildman–Crippen MR) is 130 cm³/mol. The first-order valence-electron chi connectivity index (χ1n) is 11.3. The average molecular weight is 464 g/mol. The number of aromatic nitrogens is 2. The summed E-state index contributed by atoms with van der Waals surface area (Å²) in [6.45, 7) is 5.04. The largest absolute Gasteiger partial charge is 0.392 e. The molecule has 1 aliphatic heterocycles. The minimum atomic E-state index is -0.463. The number of likely N-dealkylation sites (tertiary alicyclic amines) is 1. The van der Waals surface area contributed by atoms with E-state index in [1.165, 1.54) is 11.6 Å². The molecule has 1 aliphatic rings. The molecule has 8 nitrogen and oxygen atoms in total. The molecule has 3 rings (SSSR count). The highest BCUT2D eigenvalue weighted by Gasteiger charge is 2.24. The van der Waals surface area contributed by atoms with E-state index in [2.05, 4.69) is 17.1 Å². The molecule has 1 unspecified atom stereocenters. The third-order valence-corrected chi connectivity index (χ3v) is 6.46. The summed E-state index contributed by atoms with van der Waals surface area (Å²) in [5, 5.41) is 13.8. The highest BCUT2D eigenvalue weighted by Crippen LogP contribution is 2.24. The summed E-state index contributed by atoms with van der Waals surface area (Å²) in [5.74, 6) is 0.422. The molecule has 1 aromatic heterocycles. The Morgan fingerprint density at radius 1 is 1.22 bits per heavy atom. The number of benzene rings is 1. The average Bonchev–Trinajstić information content (AvgIpc) is 2.79. The second-order valence-electron chi connectivity index (χ2n) is 8.69. The van der Waals surface area contributed by atoms with E-state index < -0.39 is 11.2 Å². The van der Waals surface area contributed by atoms with Crippen LogP contribution < -0.4 is 22.3 Å². The minimum Gasteiger partial charge on any atom is -0.392 e. The van der Waals surface area contributed by atoms with Gasteiger partial charge in [0, 0.05) is 30.8 Å². The van der Waals surface area contributed by atoms with Crippen molar-refractivity contribution in [3.63, 3.8) is 0 Å². The number of nitrogen functional groups attached to an aromatic ring is 1. The van der Waals surface area contributed by atoms with Crippen LogP contribution in [0.25, 0.3) is 0 Å². The molecule has 0 bridgehead atoms. The third-order valence-electron chi connectivity index (χ3n) is 6.20. The maximum absolute atomic E-state index is 12.8. The Hall–Kier alpha value is -2.29. The Morgan fingerprint density at radius 3 is 2.50 bits per heavy atom. The van der Waals surface area contributed by atoms with Crippen molar-refractivity contribution < 1.29 is 5.11 Å². The van der Waals surface area contributed by atoms with Gasteiger partial charge in [-0.2, -0.15) is 0 Å². The number of rotatable bonds is 9. The van der Waals surface area contributed by atoms with Crippen LogP contribution in [0.4, 0.5) is 17.2 Å². The van der Waals surface area contributed by atoms with Gasteiger partial charge in [-0.15, -0.1) is 0 Å². The fraction of sp³-hybridized carbons (Fsp3) is 0.565. The second kappa shape index (κ2) is 11.0. The molecule has 176 valence electrons. The zero-order chi connectivity index (χ0) is 23.3. The number of anilines is 3. The maximum atomic E-state index is 12.8. The zero-order valence-electron chi connectivity index (χ0n) is 18.9. The Morgan fingerprint density at radius 2 is 1.88 bits per heavy atom. The third kappa shape index (κ3) is 5.94. The van der Waals surface area contributed by atoms with Gasteiger partial charge in [-0.1, -0.05) is 31.4 Å². The van der Waals surface area contributed by atoms with E-state index in [0.717, 1.165) is 49.8 Å². The smallest absolute Gasteiger partial charge is 0.332 e. The van der Waals surface area contributed by atoms with Gasteiger partial charge in [0.15, 0.2) is 0 Å². The molecule has 1 saturated heterocycles. The summed E-state index contributed by atoms with van der Waals surface area (Å²) in [6, 6.07) is 6.93. The molecular weight excluding hydrogens is 430 g/mol. The maximum Gasteiger partial charge on any atom is 0.332 e. The molecule has 1 fully saturated rings. The number of unbranched alkanes of at least 4 members (excludes halogenated alkanes) is 1. The SMILES string of the molecule is CCCCC(O)CN1CCC(Cn2c(N)c(Nc3ccc(Cl)cc3)c(=O)n(C)c2=O)CC1. The fourth-order valence-electron chi connectivity index (χ4n) is 4.19. The molecule has 0 spiro atoms. The van der Waals surface area contributed by atoms with E-state index in [1.54, 1.807) is 24.3 Å². The van der Waals surface area contributed by atoms with Crippen LogP contribution in [0.5, 0.6) is 0 Å². The molecule has 0 radical (unpaired) electrons. The number of β-amino-alcohol motifs (C(OH)–C–C–N with tert-alkyl or cyclic N) is 1. The number of halogens is 1. The van der Waals surface area contributed by atoms with Crippen LogP contribution in [0.2, 0.25) is 5.02 Å². The quantitative estimate of drug-likeness (QED) is 0.528. The summed E-state index contributed by atoms with van der Waals surface area (Å²) < 4.78 is 2.59. The van der Waals surface area contributed by atoms with Crippen LogP contribution >= 0.6 is 11.6 Å². The Bertz CT molecular complexity index is 1010. The lowest BCUT2D eigenvalue weighted by atomic mass is 9.96. The van der Waals surface area contributed by atoms with Crippen molar-refractivity contribution in [3.8, 4) is 0 Å². The molecular formula is C23H34ClN5O3. The first-order chi connectivity index (χ1) is 15.3. The van der Waals surface area contributed by atoms with E-state index in [9.17, 15) is 14.7 Å². The number of hydrogen-bond donors (Lipinski definition) is 3. The molecule has 0 amide bonds. The molecule has 2 heterocycles. The Balaban J connectivity index is 1.70. The topological polar surface area (TPSA) is 106 Å². The van der Waals surface area contributed by atoms with E-state index in [1.807, 2.05) is 0 Å². The van der Waals surface area contributed by atoms with Gasteiger partial charge in [-0.05, 0) is 62.5 Å². The van der Waals surface area contributed by atoms with Crippen LogP contribution in [0.15, 0.2) is 33.9 Å². The van der Waals surface area contributed by atoms with Crippen LogP contribution in [0.1, 0.15) is 39.0 Å². The van der Waals surface area contributed by atoms with Gasteiger partial charge in [0.2, 0.25) is 0 Å². The number of hydrogen-bond acceptors (Lipinski definition) is 6. The van der Waals surface area contributed by atoms with E-state index >= 15 is 0 Å². The molecule has 9 heteroatoms. The molecule has 1 atom stereocenters. The van der Waals surface area contributed by atoms with Gasteiger partial charge in [0.05, 0.1) is 6.10 Å². The Labute approximate surface area is 193 Å². The highest BCUT2D eigenvalue weighted by atomic mass is 35.5. The van der Waals surface area contributed by atoms with Gasteiger partial charge >= 0.3 is 5.69 Å². The first kappa shape index (κ1) is 24.4. The monoisotopic (exact) mass is 463 g/mol. The van der Waals surface area contributed by atoms with E-state index in [0.29, 0.717) is 23.8 Å². The molecule has 2 aromatic rings. The van der Waals surface area contributed by atoms with Gasteiger partial charge in [0.1, 0.15) is 11.5 Å². The van der Waals surface area contributed by atoms with Gasteiger partial charge in [-0.3, -0.25) is 13.9 Å². The first-order valence-corrected chi connectivity index (χ1v) is 11.7. The van der Waals surface area contributed by atoms with Crippen molar-refractivity contribution in [1.82, 2.24) is 14.0 Å². The number of nitrogens with two attached hydrogens (primary N) is 1. The predicted octanol–water partition coefficient (Wildman–Crippen LogP) is 2.79. The molecule has 0 aliphatic carbocycles. The van der Waals surface area contributed by atoms with Crippen molar-refractivity contribution in [1.29, 1.82) is 0 Å². The lowest BCUT2D eigenvalue weighted by molar-refractivity contribution is 0.0799. The van der Waals surface area contributed by atoms with E-state index in [-0.39, 0.29) is 23.5 Å². The van der Waals surface area contributed by atoms with Crippen LogP contribution in [-0.2, 0) is 13.6 Å². The van der Waals surface area contributed by atoms with Crippen LogP contribution in [-0.4, -0.2) is 44.9 Å². The van der Waals surface area contributed by atoms with Gasteiger partial charge in [-0.25, -0.2) is 4.79 Å². The number of nitrogens with zero attached hydrogens (tertiary/aromatic N) is 3. The summed E-state index contributed by atoms with van der Waals surface area (Å²) in [5.41, 5.74) is 6.28. The lowest BCUT2D eigenvalue weighted by Crippen LogP contribution is -2.43. The normalized spacial score (nSPS) is 16.2. The summed E-state index contributed by atoms with van der Waals surface area (Å²) in [4.78, 5) is 27.8. The molecule has 4 N–H and O–H groups in total. The minimum absolute atomic E-state index is 0.144. The van der Waals surface area contributed by atoms with Gasteiger partial charge in [0.25, 0.3) is 5.56 Å². The fourth-order valence-corrected chi connectivity index (χ4v) is 4.32.